The SMILES string of the molecule is CC(=O)S[C@@H]1CCO[C@@H]1C. The predicted molar refractivity (Wildman–Crippen MR) is 42.1 cm³/mol. The summed E-state index contributed by atoms with van der Waals surface area (Å²) in [5.41, 5.74) is 0. The van der Waals surface area contributed by atoms with Crippen LogP contribution in [0.1, 0.15) is 20.3 Å². The number of hydrogen-bond donors (Lipinski definition) is 0. The molecule has 1 heterocycles. The Bertz CT molecular complexity index is 136. The smallest absolute Gasteiger partial charge is 0.186 e. The summed E-state index contributed by atoms with van der Waals surface area (Å²) in [5.74, 6) is 0. The van der Waals surface area contributed by atoms with Gasteiger partial charge in [0.05, 0.1) is 6.10 Å². The second kappa shape index (κ2) is 3.39. The Labute approximate surface area is 65.3 Å². The zero-order chi connectivity index (χ0) is 7.56. The summed E-state index contributed by atoms with van der Waals surface area (Å²) in [4.78, 5) is 10.7. The summed E-state index contributed by atoms with van der Waals surface area (Å²) in [6.07, 6.45) is 1.28. The fourth-order valence-electron chi connectivity index (χ4n) is 1.08. The molecule has 2 atom stereocenters. The monoisotopic (exact) mass is 160 g/mol. The molecule has 0 saturated carbocycles. The van der Waals surface area contributed by atoms with Gasteiger partial charge in [-0.25, -0.2) is 0 Å². The minimum absolute atomic E-state index is 0.197. The Morgan fingerprint density at radius 3 is 2.80 bits per heavy atom. The molecule has 1 aliphatic rings. The van der Waals surface area contributed by atoms with Crippen LogP contribution in [0.15, 0.2) is 0 Å². The van der Waals surface area contributed by atoms with Crippen molar-refractivity contribution in [3.8, 4) is 0 Å². The minimum atomic E-state index is 0.197. The first-order valence-corrected chi connectivity index (χ1v) is 4.37. The molecule has 1 fully saturated rings. The van der Waals surface area contributed by atoms with Crippen LogP contribution in [0.3, 0.4) is 0 Å². The lowest BCUT2D eigenvalue weighted by Gasteiger charge is -2.09. The van der Waals surface area contributed by atoms with E-state index in [1.165, 1.54) is 11.8 Å². The molecule has 1 aliphatic heterocycles. The lowest BCUT2D eigenvalue weighted by molar-refractivity contribution is -0.109. The summed E-state index contributed by atoms with van der Waals surface area (Å²) in [6, 6.07) is 0. The predicted octanol–water partition coefficient (Wildman–Crippen LogP) is 1.44. The highest BCUT2D eigenvalue weighted by Crippen LogP contribution is 2.26. The maximum atomic E-state index is 10.7. The van der Waals surface area contributed by atoms with E-state index < -0.39 is 0 Å². The van der Waals surface area contributed by atoms with E-state index in [-0.39, 0.29) is 11.2 Å². The van der Waals surface area contributed by atoms with Gasteiger partial charge in [0.1, 0.15) is 0 Å². The maximum absolute atomic E-state index is 10.7. The van der Waals surface area contributed by atoms with Gasteiger partial charge in [-0.05, 0) is 13.3 Å². The first kappa shape index (κ1) is 8.08. The number of hydrogen-bond acceptors (Lipinski definition) is 3. The van der Waals surface area contributed by atoms with Crippen molar-refractivity contribution in [1.82, 2.24) is 0 Å². The van der Waals surface area contributed by atoms with Crippen LogP contribution in [-0.2, 0) is 9.53 Å². The molecule has 0 bridgehead atoms. The molecule has 3 heteroatoms. The highest BCUT2D eigenvalue weighted by atomic mass is 32.2. The van der Waals surface area contributed by atoms with Crippen LogP contribution >= 0.6 is 11.8 Å². The van der Waals surface area contributed by atoms with E-state index in [4.69, 9.17) is 4.74 Å². The van der Waals surface area contributed by atoms with Crippen LogP contribution in [0.25, 0.3) is 0 Å². The van der Waals surface area contributed by atoms with E-state index in [1.807, 2.05) is 6.92 Å². The molecule has 0 aromatic heterocycles. The van der Waals surface area contributed by atoms with E-state index in [2.05, 4.69) is 0 Å². The van der Waals surface area contributed by atoms with Crippen molar-refractivity contribution >= 4 is 16.9 Å². The average molecular weight is 160 g/mol. The highest BCUT2D eigenvalue weighted by Gasteiger charge is 2.25. The first-order valence-electron chi connectivity index (χ1n) is 3.49. The van der Waals surface area contributed by atoms with Crippen LogP contribution in [-0.4, -0.2) is 23.1 Å². The Balaban J connectivity index is 2.33. The standard InChI is InChI=1S/C7H12O2S/c1-5-7(3-4-9-5)10-6(2)8/h5,7H,3-4H2,1-2H3/t5-,7-/m1/s1. The number of carbonyl (C=O) groups excluding carboxylic acids is 1. The Kier molecular flexibility index (Phi) is 2.74. The molecule has 0 aromatic rings. The summed E-state index contributed by atoms with van der Waals surface area (Å²) < 4.78 is 5.29. The van der Waals surface area contributed by atoms with Gasteiger partial charge < -0.3 is 4.74 Å². The first-order chi connectivity index (χ1) is 4.70. The Morgan fingerprint density at radius 1 is 1.70 bits per heavy atom. The van der Waals surface area contributed by atoms with Gasteiger partial charge in [-0.1, -0.05) is 11.8 Å². The van der Waals surface area contributed by atoms with Crippen LogP contribution < -0.4 is 0 Å². The molecule has 10 heavy (non-hydrogen) atoms. The van der Waals surface area contributed by atoms with Gasteiger partial charge in [0.15, 0.2) is 5.12 Å². The zero-order valence-corrected chi connectivity index (χ0v) is 7.11. The van der Waals surface area contributed by atoms with Gasteiger partial charge in [-0.2, -0.15) is 0 Å². The van der Waals surface area contributed by atoms with Crippen molar-refractivity contribution in [2.75, 3.05) is 6.61 Å². The molecule has 0 aliphatic carbocycles. The Morgan fingerprint density at radius 2 is 2.40 bits per heavy atom. The third-order valence-corrected chi connectivity index (χ3v) is 2.88. The van der Waals surface area contributed by atoms with Crippen LogP contribution in [0.5, 0.6) is 0 Å². The van der Waals surface area contributed by atoms with Crippen LogP contribution in [0, 0.1) is 0 Å². The zero-order valence-electron chi connectivity index (χ0n) is 6.29. The topological polar surface area (TPSA) is 26.3 Å². The fraction of sp³-hybridized carbons (Fsp3) is 0.857. The van der Waals surface area contributed by atoms with Gasteiger partial charge in [-0.3, -0.25) is 4.79 Å². The molecule has 0 amide bonds. The molecular formula is C7H12O2S. The van der Waals surface area contributed by atoms with Crippen LogP contribution in [0.2, 0.25) is 0 Å². The molecule has 1 rings (SSSR count). The van der Waals surface area contributed by atoms with E-state index in [0.717, 1.165) is 13.0 Å². The second-order valence-electron chi connectivity index (χ2n) is 2.51. The summed E-state index contributed by atoms with van der Waals surface area (Å²) in [7, 11) is 0. The van der Waals surface area contributed by atoms with Gasteiger partial charge >= 0.3 is 0 Å². The second-order valence-corrected chi connectivity index (χ2v) is 3.93. The molecule has 58 valence electrons. The van der Waals surface area contributed by atoms with Crippen molar-refractivity contribution in [2.45, 2.75) is 31.6 Å². The average Bonchev–Trinajstić information content (AvgIpc) is 2.15. The molecule has 0 radical (unpaired) electrons. The summed E-state index contributed by atoms with van der Waals surface area (Å²) >= 11 is 1.41. The largest absolute Gasteiger partial charge is 0.377 e. The van der Waals surface area contributed by atoms with Gasteiger partial charge in [0, 0.05) is 18.8 Å². The number of carbonyl (C=O) groups is 1. The summed E-state index contributed by atoms with van der Waals surface area (Å²) in [6.45, 7) is 4.44. The molecule has 0 aromatic carbocycles. The lowest BCUT2D eigenvalue weighted by Crippen LogP contribution is -2.14. The minimum Gasteiger partial charge on any atom is -0.377 e. The van der Waals surface area contributed by atoms with Gasteiger partial charge in [0.2, 0.25) is 0 Å². The summed E-state index contributed by atoms with van der Waals surface area (Å²) in [5, 5.41) is 0.597. The molecular weight excluding hydrogens is 148 g/mol. The van der Waals surface area contributed by atoms with E-state index in [0.29, 0.717) is 5.25 Å². The van der Waals surface area contributed by atoms with Crippen molar-refractivity contribution in [2.24, 2.45) is 0 Å². The van der Waals surface area contributed by atoms with Crippen molar-refractivity contribution in [3.05, 3.63) is 0 Å². The Hall–Kier alpha value is -0.0200. The fourth-order valence-corrected chi connectivity index (χ4v) is 1.99. The molecule has 0 spiro atoms. The van der Waals surface area contributed by atoms with Crippen LogP contribution in [0.4, 0.5) is 0 Å². The molecule has 0 N–H and O–H groups in total. The van der Waals surface area contributed by atoms with E-state index >= 15 is 0 Å². The number of ether oxygens (including phenoxy) is 1. The van der Waals surface area contributed by atoms with Crippen molar-refractivity contribution in [1.29, 1.82) is 0 Å². The van der Waals surface area contributed by atoms with Gasteiger partial charge in [0.25, 0.3) is 0 Å². The van der Waals surface area contributed by atoms with Crippen molar-refractivity contribution < 1.29 is 9.53 Å². The quantitative estimate of drug-likeness (QED) is 0.580. The van der Waals surface area contributed by atoms with Crippen molar-refractivity contribution in [3.63, 3.8) is 0 Å². The molecule has 1 saturated heterocycles. The number of rotatable bonds is 1. The van der Waals surface area contributed by atoms with E-state index in [1.54, 1.807) is 6.92 Å². The van der Waals surface area contributed by atoms with Gasteiger partial charge in [-0.15, -0.1) is 0 Å². The van der Waals surface area contributed by atoms with E-state index in [9.17, 15) is 4.79 Å². The lowest BCUT2D eigenvalue weighted by atomic mass is 10.3. The third kappa shape index (κ3) is 1.99. The number of thioether (sulfide) groups is 1. The normalized spacial score (nSPS) is 32.6. The maximum Gasteiger partial charge on any atom is 0.186 e. The molecule has 2 nitrogen and oxygen atoms in total. The highest BCUT2D eigenvalue weighted by molar-refractivity contribution is 8.14. The molecule has 0 unspecified atom stereocenters. The third-order valence-electron chi connectivity index (χ3n) is 1.62.